The second-order valence-corrected chi connectivity index (χ2v) is 7.82. The van der Waals surface area contributed by atoms with Gasteiger partial charge in [-0.25, -0.2) is 0 Å². The molecule has 0 saturated heterocycles. The van der Waals surface area contributed by atoms with Gasteiger partial charge in [0.25, 0.3) is 11.8 Å². The second kappa shape index (κ2) is 9.29. The van der Waals surface area contributed by atoms with E-state index >= 15 is 0 Å². The van der Waals surface area contributed by atoms with Crippen LogP contribution in [-0.4, -0.2) is 28.1 Å². The molecule has 1 heterocycles. The summed E-state index contributed by atoms with van der Waals surface area (Å²) in [6, 6.07) is 14.4. The summed E-state index contributed by atoms with van der Waals surface area (Å²) >= 11 is 1.17. The van der Waals surface area contributed by atoms with Crippen molar-refractivity contribution in [1.29, 1.82) is 0 Å². The van der Waals surface area contributed by atoms with E-state index in [2.05, 4.69) is 20.8 Å². The molecule has 0 aliphatic carbocycles. The van der Waals surface area contributed by atoms with Crippen LogP contribution in [0.1, 0.15) is 44.6 Å². The predicted molar refractivity (Wildman–Crippen MR) is 112 cm³/mol. The number of carbonyl (C=O) groups excluding carboxylic acids is 2. The number of hydrogen-bond acceptors (Lipinski definition) is 6. The zero-order valence-electron chi connectivity index (χ0n) is 16.4. The maximum Gasteiger partial charge on any atom is 0.286 e. The summed E-state index contributed by atoms with van der Waals surface area (Å²) < 4.78 is 5.66. The number of hydrogen-bond donors (Lipinski definition) is 2. The molecular weight excluding hydrogens is 388 g/mol. The first-order valence-corrected chi connectivity index (χ1v) is 9.96. The molecule has 2 N–H and O–H groups in total. The van der Waals surface area contributed by atoms with Gasteiger partial charge in [-0.1, -0.05) is 29.0 Å². The summed E-state index contributed by atoms with van der Waals surface area (Å²) in [4.78, 5) is 24.3. The summed E-state index contributed by atoms with van der Waals surface area (Å²) in [5.41, 5.74) is 2.26. The molecule has 2 aromatic carbocycles. The van der Waals surface area contributed by atoms with E-state index < -0.39 is 0 Å². The molecule has 0 spiro atoms. The Bertz CT molecular complexity index is 982. The highest BCUT2D eigenvalue weighted by Gasteiger charge is 2.14. The topological polar surface area (TPSA) is 93.2 Å². The highest BCUT2D eigenvalue weighted by atomic mass is 32.1. The van der Waals surface area contributed by atoms with Gasteiger partial charge in [-0.3, -0.25) is 9.59 Å². The predicted octanol–water partition coefficient (Wildman–Crippen LogP) is 3.82. The Balaban J connectivity index is 1.55. The third kappa shape index (κ3) is 5.86. The number of aryl methyl sites for hydroxylation is 1. The Morgan fingerprint density at radius 1 is 1.00 bits per heavy atom. The number of carbonyl (C=O) groups is 2. The van der Waals surface area contributed by atoms with Crippen molar-refractivity contribution in [3.63, 3.8) is 0 Å². The van der Waals surface area contributed by atoms with Crippen LogP contribution in [0.3, 0.4) is 0 Å². The minimum atomic E-state index is -0.358. The van der Waals surface area contributed by atoms with Gasteiger partial charge in [0.05, 0.1) is 0 Å². The quantitative estimate of drug-likeness (QED) is 0.618. The number of rotatable bonds is 7. The van der Waals surface area contributed by atoms with E-state index in [4.69, 9.17) is 4.74 Å². The van der Waals surface area contributed by atoms with Gasteiger partial charge in [0.1, 0.15) is 12.4 Å². The fourth-order valence-electron chi connectivity index (χ4n) is 2.42. The van der Waals surface area contributed by atoms with Crippen molar-refractivity contribution in [2.75, 3.05) is 5.32 Å². The fourth-order valence-corrected chi connectivity index (χ4v) is 3.07. The Hall–Kier alpha value is -3.26. The molecule has 0 saturated carbocycles. The number of ether oxygens (including phenoxy) is 1. The molecular formula is C21H22N4O3S. The third-order valence-electron chi connectivity index (χ3n) is 3.87. The molecule has 0 unspecified atom stereocenters. The van der Waals surface area contributed by atoms with Gasteiger partial charge in [-0.2, -0.15) is 0 Å². The van der Waals surface area contributed by atoms with Crippen LogP contribution < -0.4 is 15.4 Å². The normalized spacial score (nSPS) is 10.6. The molecule has 1 aromatic heterocycles. The molecule has 0 aliphatic heterocycles. The van der Waals surface area contributed by atoms with E-state index in [9.17, 15) is 9.59 Å². The highest BCUT2D eigenvalue weighted by molar-refractivity contribution is 7.13. The van der Waals surface area contributed by atoms with Gasteiger partial charge in [0.2, 0.25) is 5.01 Å². The van der Waals surface area contributed by atoms with E-state index in [1.807, 2.05) is 45.0 Å². The van der Waals surface area contributed by atoms with Crippen molar-refractivity contribution in [1.82, 2.24) is 15.5 Å². The molecule has 0 aliphatic rings. The van der Waals surface area contributed by atoms with Crippen molar-refractivity contribution in [3.05, 3.63) is 69.7 Å². The molecule has 8 heteroatoms. The van der Waals surface area contributed by atoms with Gasteiger partial charge in [-0.05, 0) is 57.2 Å². The van der Waals surface area contributed by atoms with Crippen molar-refractivity contribution in [2.24, 2.45) is 0 Å². The van der Waals surface area contributed by atoms with E-state index in [0.717, 1.165) is 11.3 Å². The van der Waals surface area contributed by atoms with Gasteiger partial charge < -0.3 is 15.4 Å². The summed E-state index contributed by atoms with van der Waals surface area (Å²) in [7, 11) is 0. The molecule has 3 rings (SSSR count). The number of amides is 2. The molecule has 150 valence electrons. The molecule has 0 fully saturated rings. The SMILES string of the molecule is Cc1ccc(OCc2nnc(C(=O)Nc3ccc(C(=O)NC(C)C)cc3)s2)cc1. The van der Waals surface area contributed by atoms with E-state index in [0.29, 0.717) is 16.3 Å². The number of benzene rings is 2. The molecule has 3 aromatic rings. The van der Waals surface area contributed by atoms with Crippen molar-refractivity contribution < 1.29 is 14.3 Å². The number of aromatic nitrogens is 2. The second-order valence-electron chi connectivity index (χ2n) is 6.76. The van der Waals surface area contributed by atoms with E-state index in [1.165, 1.54) is 11.3 Å². The minimum absolute atomic E-state index is 0.0588. The first kappa shape index (κ1) is 20.5. The Morgan fingerprint density at radius 2 is 1.69 bits per heavy atom. The average molecular weight is 410 g/mol. The average Bonchev–Trinajstić information content (AvgIpc) is 3.17. The minimum Gasteiger partial charge on any atom is -0.486 e. The maximum atomic E-state index is 12.4. The number of nitrogens with one attached hydrogen (secondary N) is 2. The Morgan fingerprint density at radius 3 is 2.34 bits per heavy atom. The van der Waals surface area contributed by atoms with E-state index in [1.54, 1.807) is 24.3 Å². The summed E-state index contributed by atoms with van der Waals surface area (Å²) in [5.74, 6) is 0.224. The first-order chi connectivity index (χ1) is 13.9. The van der Waals surface area contributed by atoms with Crippen LogP contribution in [-0.2, 0) is 6.61 Å². The maximum absolute atomic E-state index is 12.4. The van der Waals surface area contributed by atoms with Crippen molar-refractivity contribution in [2.45, 2.75) is 33.4 Å². The summed E-state index contributed by atoms with van der Waals surface area (Å²) in [6.45, 7) is 6.05. The smallest absolute Gasteiger partial charge is 0.286 e. The van der Waals surface area contributed by atoms with Gasteiger partial charge in [-0.15, -0.1) is 10.2 Å². The van der Waals surface area contributed by atoms with Crippen LogP contribution in [0.25, 0.3) is 0 Å². The number of anilines is 1. The number of nitrogens with zero attached hydrogens (tertiary/aromatic N) is 2. The zero-order chi connectivity index (χ0) is 20.8. The lowest BCUT2D eigenvalue weighted by Gasteiger charge is -2.09. The largest absolute Gasteiger partial charge is 0.486 e. The molecule has 7 nitrogen and oxygen atoms in total. The lowest BCUT2D eigenvalue weighted by molar-refractivity contribution is 0.0942. The molecule has 0 radical (unpaired) electrons. The standard InChI is InChI=1S/C21H22N4O3S/c1-13(2)22-19(26)15-6-8-16(9-7-15)23-20(27)21-25-24-18(29-21)12-28-17-10-4-14(3)5-11-17/h4-11,13H,12H2,1-3H3,(H,22,26)(H,23,27). The fraction of sp³-hybridized carbons (Fsp3) is 0.238. The van der Waals surface area contributed by atoms with Crippen LogP contribution in [0.5, 0.6) is 5.75 Å². The van der Waals surface area contributed by atoms with Gasteiger partial charge >= 0.3 is 0 Å². The summed E-state index contributed by atoms with van der Waals surface area (Å²) in [6.07, 6.45) is 0. The molecule has 29 heavy (non-hydrogen) atoms. The zero-order valence-corrected chi connectivity index (χ0v) is 17.2. The lowest BCUT2D eigenvalue weighted by Crippen LogP contribution is -2.30. The highest BCUT2D eigenvalue weighted by Crippen LogP contribution is 2.17. The summed E-state index contributed by atoms with van der Waals surface area (Å²) in [5, 5.41) is 14.4. The third-order valence-corrected chi connectivity index (χ3v) is 4.76. The molecule has 2 amide bonds. The van der Waals surface area contributed by atoms with Crippen LogP contribution in [0.15, 0.2) is 48.5 Å². The van der Waals surface area contributed by atoms with Crippen LogP contribution >= 0.6 is 11.3 Å². The van der Waals surface area contributed by atoms with Crippen LogP contribution in [0, 0.1) is 6.92 Å². The molecule has 0 bridgehead atoms. The van der Waals surface area contributed by atoms with Gasteiger partial charge in [0, 0.05) is 17.3 Å². The monoisotopic (exact) mass is 410 g/mol. The van der Waals surface area contributed by atoms with Crippen molar-refractivity contribution >= 4 is 28.8 Å². The van der Waals surface area contributed by atoms with E-state index in [-0.39, 0.29) is 29.5 Å². The van der Waals surface area contributed by atoms with Crippen LogP contribution in [0.4, 0.5) is 5.69 Å². The molecule has 0 atom stereocenters. The Labute approximate surface area is 173 Å². The Kier molecular flexibility index (Phi) is 6.56. The lowest BCUT2D eigenvalue weighted by atomic mass is 10.2. The van der Waals surface area contributed by atoms with Crippen LogP contribution in [0.2, 0.25) is 0 Å². The van der Waals surface area contributed by atoms with Crippen molar-refractivity contribution in [3.8, 4) is 5.75 Å². The first-order valence-electron chi connectivity index (χ1n) is 9.15. The van der Waals surface area contributed by atoms with Gasteiger partial charge in [0.15, 0.2) is 5.01 Å².